The predicted octanol–water partition coefficient (Wildman–Crippen LogP) is 2.93. The average molecular weight is 163 g/mol. The van der Waals surface area contributed by atoms with E-state index in [1.165, 1.54) is 0 Å². The lowest BCUT2D eigenvalue weighted by atomic mass is 10.1. The third-order valence-electron chi connectivity index (χ3n) is 1.46. The van der Waals surface area contributed by atoms with Crippen molar-refractivity contribution in [1.82, 2.24) is 0 Å². The summed E-state index contributed by atoms with van der Waals surface area (Å²) in [7, 11) is 0. The Balaban J connectivity index is 3.91. The summed E-state index contributed by atoms with van der Waals surface area (Å²) in [6, 6.07) is 0. The van der Waals surface area contributed by atoms with Gasteiger partial charge in [-0.1, -0.05) is 44.4 Å². The smallest absolute Gasteiger partial charge is 0.0109 e. The molecule has 0 aromatic heterocycles. The largest absolute Gasteiger partial charge is 0.402 e. The Kier molecular flexibility index (Phi) is 4.86. The molecule has 0 rings (SSSR count). The van der Waals surface area contributed by atoms with Gasteiger partial charge in [0.05, 0.1) is 0 Å². The summed E-state index contributed by atoms with van der Waals surface area (Å²) in [4.78, 5) is 0. The summed E-state index contributed by atoms with van der Waals surface area (Å²) in [5.74, 6) is 0. The van der Waals surface area contributed by atoms with Crippen molar-refractivity contribution >= 4 is 0 Å². The van der Waals surface area contributed by atoms with E-state index in [2.05, 4.69) is 26.7 Å². The van der Waals surface area contributed by atoms with Gasteiger partial charge in [-0.3, -0.25) is 0 Å². The normalized spacial score (nSPS) is 10.1. The van der Waals surface area contributed by atoms with Gasteiger partial charge < -0.3 is 5.73 Å². The fourth-order valence-electron chi connectivity index (χ4n) is 0.704. The molecule has 0 aliphatic rings. The van der Waals surface area contributed by atoms with Crippen LogP contribution in [0.5, 0.6) is 0 Å². The highest BCUT2D eigenvalue weighted by molar-refractivity contribution is 5.26. The van der Waals surface area contributed by atoms with Crippen LogP contribution in [0.3, 0.4) is 0 Å². The van der Waals surface area contributed by atoms with Crippen LogP contribution in [0.2, 0.25) is 0 Å². The molecule has 0 aliphatic heterocycles. The lowest BCUT2D eigenvalue weighted by molar-refractivity contribution is 1.12. The molecule has 2 N–H and O–H groups in total. The van der Waals surface area contributed by atoms with Crippen molar-refractivity contribution in [3.05, 3.63) is 48.7 Å². The van der Waals surface area contributed by atoms with Crippen LogP contribution in [-0.2, 0) is 0 Å². The number of hydrogen-bond acceptors (Lipinski definition) is 1. The molecule has 0 bridgehead atoms. The SMILES string of the molecule is C=C(N)CC(=C)/C=C\C(=C)CC. The number of rotatable bonds is 5. The second kappa shape index (κ2) is 5.42. The van der Waals surface area contributed by atoms with Crippen LogP contribution < -0.4 is 5.73 Å². The van der Waals surface area contributed by atoms with Gasteiger partial charge >= 0.3 is 0 Å². The predicted molar refractivity (Wildman–Crippen MR) is 55.7 cm³/mol. The summed E-state index contributed by atoms with van der Waals surface area (Å²) in [6.45, 7) is 13.3. The maximum absolute atomic E-state index is 5.42. The first kappa shape index (κ1) is 10.8. The summed E-state index contributed by atoms with van der Waals surface area (Å²) in [5.41, 5.74) is 8.13. The molecule has 66 valence electrons. The lowest BCUT2D eigenvalue weighted by Gasteiger charge is -1.98. The maximum Gasteiger partial charge on any atom is 0.0109 e. The molecule has 0 fully saturated rings. The van der Waals surface area contributed by atoms with E-state index in [1.54, 1.807) is 0 Å². The highest BCUT2D eigenvalue weighted by atomic mass is 14.6. The van der Waals surface area contributed by atoms with Crippen molar-refractivity contribution in [2.75, 3.05) is 0 Å². The summed E-state index contributed by atoms with van der Waals surface area (Å²) in [6.07, 6.45) is 5.52. The van der Waals surface area contributed by atoms with Crippen molar-refractivity contribution in [2.24, 2.45) is 5.73 Å². The van der Waals surface area contributed by atoms with Gasteiger partial charge in [-0.25, -0.2) is 0 Å². The zero-order valence-electron chi connectivity index (χ0n) is 7.77. The number of hydrogen-bond donors (Lipinski definition) is 1. The first-order valence-electron chi connectivity index (χ1n) is 4.03. The highest BCUT2D eigenvalue weighted by Gasteiger charge is 1.89. The third kappa shape index (κ3) is 5.54. The highest BCUT2D eigenvalue weighted by Crippen LogP contribution is 2.07. The summed E-state index contributed by atoms with van der Waals surface area (Å²) >= 11 is 0. The fourth-order valence-corrected chi connectivity index (χ4v) is 0.704. The molecule has 0 atom stereocenters. The third-order valence-corrected chi connectivity index (χ3v) is 1.46. The van der Waals surface area contributed by atoms with E-state index in [-0.39, 0.29) is 0 Å². The van der Waals surface area contributed by atoms with Crippen molar-refractivity contribution in [3.63, 3.8) is 0 Å². The first-order valence-corrected chi connectivity index (χ1v) is 4.03. The van der Waals surface area contributed by atoms with Crippen LogP contribution in [0.15, 0.2) is 48.7 Å². The molecule has 0 aliphatic carbocycles. The molecule has 0 saturated heterocycles. The van der Waals surface area contributed by atoms with E-state index in [0.717, 1.165) is 17.6 Å². The Bertz CT molecular complexity index is 221. The van der Waals surface area contributed by atoms with Crippen molar-refractivity contribution in [3.8, 4) is 0 Å². The van der Waals surface area contributed by atoms with Crippen molar-refractivity contribution < 1.29 is 0 Å². The zero-order chi connectivity index (χ0) is 9.56. The molecule has 0 aromatic carbocycles. The van der Waals surface area contributed by atoms with E-state index < -0.39 is 0 Å². The van der Waals surface area contributed by atoms with E-state index in [1.807, 2.05) is 12.2 Å². The average Bonchev–Trinajstić information content (AvgIpc) is 1.99. The minimum atomic E-state index is 0.645. The van der Waals surface area contributed by atoms with Crippen LogP contribution in [0.4, 0.5) is 0 Å². The molecule has 0 heterocycles. The molecule has 0 amide bonds. The summed E-state index contributed by atoms with van der Waals surface area (Å²) in [5, 5.41) is 0. The van der Waals surface area contributed by atoms with E-state index in [0.29, 0.717) is 12.1 Å². The zero-order valence-corrected chi connectivity index (χ0v) is 7.77. The van der Waals surface area contributed by atoms with Crippen LogP contribution in [0, 0.1) is 0 Å². The van der Waals surface area contributed by atoms with Crippen LogP contribution >= 0.6 is 0 Å². The Morgan fingerprint density at radius 2 is 1.67 bits per heavy atom. The molecular formula is C11H17N. The minimum Gasteiger partial charge on any atom is -0.402 e. The monoisotopic (exact) mass is 163 g/mol. The Labute approximate surface area is 75.0 Å². The quantitative estimate of drug-likeness (QED) is 0.619. The molecule has 0 saturated carbocycles. The molecule has 1 heteroatoms. The van der Waals surface area contributed by atoms with Crippen LogP contribution in [0.1, 0.15) is 19.8 Å². The fraction of sp³-hybridized carbons (Fsp3) is 0.273. The second-order valence-corrected chi connectivity index (χ2v) is 2.84. The van der Waals surface area contributed by atoms with Gasteiger partial charge in [0, 0.05) is 12.1 Å². The van der Waals surface area contributed by atoms with E-state index >= 15 is 0 Å². The molecule has 0 spiro atoms. The molecule has 12 heavy (non-hydrogen) atoms. The molecule has 1 nitrogen and oxygen atoms in total. The Morgan fingerprint density at radius 3 is 2.08 bits per heavy atom. The van der Waals surface area contributed by atoms with Crippen LogP contribution in [0.25, 0.3) is 0 Å². The van der Waals surface area contributed by atoms with Crippen LogP contribution in [-0.4, -0.2) is 0 Å². The second-order valence-electron chi connectivity index (χ2n) is 2.84. The van der Waals surface area contributed by atoms with Gasteiger partial charge in [-0.2, -0.15) is 0 Å². The van der Waals surface area contributed by atoms with Crippen molar-refractivity contribution in [2.45, 2.75) is 19.8 Å². The topological polar surface area (TPSA) is 26.0 Å². The molecule has 0 unspecified atom stereocenters. The van der Waals surface area contributed by atoms with Gasteiger partial charge in [0.15, 0.2) is 0 Å². The van der Waals surface area contributed by atoms with Crippen molar-refractivity contribution in [1.29, 1.82) is 0 Å². The lowest BCUT2D eigenvalue weighted by Crippen LogP contribution is -1.94. The molecular weight excluding hydrogens is 146 g/mol. The van der Waals surface area contributed by atoms with Gasteiger partial charge in [0.25, 0.3) is 0 Å². The first-order chi connectivity index (χ1) is 5.56. The minimum absolute atomic E-state index is 0.645. The van der Waals surface area contributed by atoms with Gasteiger partial charge in [-0.15, -0.1) is 0 Å². The number of nitrogens with two attached hydrogens (primary N) is 1. The Hall–Kier alpha value is -1.24. The number of allylic oxidation sites excluding steroid dienone is 4. The Morgan fingerprint density at radius 1 is 1.17 bits per heavy atom. The van der Waals surface area contributed by atoms with Gasteiger partial charge in [0.1, 0.15) is 0 Å². The van der Waals surface area contributed by atoms with Gasteiger partial charge in [-0.05, 0) is 12.0 Å². The maximum atomic E-state index is 5.42. The molecule has 0 radical (unpaired) electrons. The van der Waals surface area contributed by atoms with E-state index in [4.69, 9.17) is 5.73 Å². The van der Waals surface area contributed by atoms with Gasteiger partial charge in [0.2, 0.25) is 0 Å². The van der Waals surface area contributed by atoms with E-state index in [9.17, 15) is 0 Å². The molecule has 0 aromatic rings. The standard InChI is InChI=1S/C11H17N/c1-5-9(2)6-7-10(3)8-11(4)12/h6-7H,2-5,8,12H2,1H3/b7-6-. The summed E-state index contributed by atoms with van der Waals surface area (Å²) < 4.78 is 0.